The lowest BCUT2D eigenvalue weighted by Gasteiger charge is -2.35. The van der Waals surface area contributed by atoms with Gasteiger partial charge in [0.2, 0.25) is 0 Å². The maximum atomic E-state index is 5.49. The van der Waals surface area contributed by atoms with Crippen LogP contribution in [0.1, 0.15) is 5.69 Å². The fraction of sp³-hybridized carbons (Fsp3) is 0.700. The Kier molecular flexibility index (Phi) is 3.56. The van der Waals surface area contributed by atoms with Gasteiger partial charge in [0.05, 0.1) is 24.9 Å². The van der Waals surface area contributed by atoms with E-state index in [0.717, 1.165) is 37.1 Å². The highest BCUT2D eigenvalue weighted by Gasteiger charge is 2.24. The van der Waals surface area contributed by atoms with E-state index in [2.05, 4.69) is 20.6 Å². The first kappa shape index (κ1) is 10.9. The number of ether oxygens (including phenoxy) is 1. The van der Waals surface area contributed by atoms with Crippen molar-refractivity contribution < 1.29 is 4.74 Å². The zero-order valence-corrected chi connectivity index (χ0v) is 10.0. The van der Waals surface area contributed by atoms with Gasteiger partial charge in [0, 0.05) is 18.5 Å². The van der Waals surface area contributed by atoms with Gasteiger partial charge in [-0.25, -0.2) is 4.98 Å². The number of thiazole rings is 1. The number of hydrogen-bond acceptors (Lipinski definition) is 5. The number of aromatic nitrogens is 1. The van der Waals surface area contributed by atoms with Gasteiger partial charge in [-0.1, -0.05) is 0 Å². The minimum absolute atomic E-state index is 0.411. The Labute approximate surface area is 94.3 Å². The van der Waals surface area contributed by atoms with E-state index in [1.165, 1.54) is 0 Å². The maximum Gasteiger partial charge on any atom is 0.185 e. The van der Waals surface area contributed by atoms with Crippen molar-refractivity contribution in [3.8, 4) is 0 Å². The molecule has 1 aromatic heterocycles. The summed E-state index contributed by atoms with van der Waals surface area (Å²) < 4.78 is 5.49. The van der Waals surface area contributed by atoms with E-state index < -0.39 is 0 Å². The number of aryl methyl sites for hydroxylation is 1. The lowest BCUT2D eigenvalue weighted by atomic mass is 10.2. The van der Waals surface area contributed by atoms with Gasteiger partial charge in [-0.15, -0.1) is 11.3 Å². The number of morpholine rings is 1. The first-order valence-corrected chi connectivity index (χ1v) is 6.10. The molecule has 0 radical (unpaired) electrons. The molecule has 0 spiro atoms. The van der Waals surface area contributed by atoms with Gasteiger partial charge < -0.3 is 15.0 Å². The summed E-state index contributed by atoms with van der Waals surface area (Å²) in [6.07, 6.45) is 0. The lowest BCUT2D eigenvalue weighted by Crippen LogP contribution is -2.50. The van der Waals surface area contributed by atoms with Crippen LogP contribution in [0.25, 0.3) is 0 Å². The zero-order valence-electron chi connectivity index (χ0n) is 9.19. The molecule has 1 atom stereocenters. The number of nitrogens with zero attached hydrogens (tertiary/aromatic N) is 2. The highest BCUT2D eigenvalue weighted by molar-refractivity contribution is 7.13. The van der Waals surface area contributed by atoms with Crippen molar-refractivity contribution in [3.63, 3.8) is 0 Å². The SMILES string of the molecule is CNCC1COCCN1c1nc(C)cs1. The van der Waals surface area contributed by atoms with Gasteiger partial charge in [0.1, 0.15) is 0 Å². The van der Waals surface area contributed by atoms with Crippen LogP contribution in [0.3, 0.4) is 0 Å². The van der Waals surface area contributed by atoms with Crippen LogP contribution in [0.5, 0.6) is 0 Å². The van der Waals surface area contributed by atoms with Crippen LogP contribution in [0.4, 0.5) is 5.13 Å². The number of rotatable bonds is 3. The first-order chi connectivity index (χ1) is 7.31. The van der Waals surface area contributed by atoms with Crippen LogP contribution in [0.2, 0.25) is 0 Å². The molecule has 1 unspecified atom stereocenters. The Morgan fingerprint density at radius 1 is 1.73 bits per heavy atom. The van der Waals surface area contributed by atoms with Gasteiger partial charge in [0.25, 0.3) is 0 Å². The molecule has 1 aliphatic rings. The summed E-state index contributed by atoms with van der Waals surface area (Å²) in [5, 5.41) is 6.42. The average Bonchev–Trinajstić information content (AvgIpc) is 2.66. The molecule has 84 valence electrons. The largest absolute Gasteiger partial charge is 0.377 e. The topological polar surface area (TPSA) is 37.4 Å². The van der Waals surface area contributed by atoms with Gasteiger partial charge in [0.15, 0.2) is 5.13 Å². The molecule has 0 amide bonds. The molecule has 0 aromatic carbocycles. The fourth-order valence-corrected chi connectivity index (χ4v) is 2.69. The standard InChI is InChI=1S/C10H17N3OS/c1-8-7-15-10(12-8)13-3-4-14-6-9(13)5-11-2/h7,9,11H,3-6H2,1-2H3. The molecule has 1 N–H and O–H groups in total. The van der Waals surface area contributed by atoms with E-state index in [1.54, 1.807) is 11.3 Å². The Morgan fingerprint density at radius 2 is 2.60 bits per heavy atom. The molecule has 1 aliphatic heterocycles. The number of anilines is 1. The van der Waals surface area contributed by atoms with Crippen molar-refractivity contribution in [1.29, 1.82) is 0 Å². The molecule has 15 heavy (non-hydrogen) atoms. The third kappa shape index (κ3) is 2.48. The van der Waals surface area contributed by atoms with Crippen molar-refractivity contribution in [2.24, 2.45) is 0 Å². The molecule has 5 heteroatoms. The normalized spacial score (nSPS) is 22.0. The van der Waals surface area contributed by atoms with Crippen molar-refractivity contribution >= 4 is 16.5 Å². The molecule has 0 saturated carbocycles. The third-order valence-corrected chi connectivity index (χ3v) is 3.52. The molecule has 2 heterocycles. The van der Waals surface area contributed by atoms with Crippen LogP contribution < -0.4 is 10.2 Å². The van der Waals surface area contributed by atoms with Crippen LogP contribution in [-0.4, -0.2) is 44.4 Å². The summed E-state index contributed by atoms with van der Waals surface area (Å²) in [6, 6.07) is 0.411. The number of likely N-dealkylation sites (N-methyl/N-ethyl adjacent to an activating group) is 1. The Hall–Kier alpha value is -0.650. The number of hydrogen-bond donors (Lipinski definition) is 1. The van der Waals surface area contributed by atoms with Crippen LogP contribution in [0.15, 0.2) is 5.38 Å². The monoisotopic (exact) mass is 227 g/mol. The fourth-order valence-electron chi connectivity index (χ4n) is 1.78. The maximum absolute atomic E-state index is 5.49. The summed E-state index contributed by atoms with van der Waals surface area (Å²) in [4.78, 5) is 6.87. The third-order valence-electron chi connectivity index (χ3n) is 2.52. The predicted molar refractivity (Wildman–Crippen MR) is 62.7 cm³/mol. The molecule has 1 saturated heterocycles. The number of nitrogens with one attached hydrogen (secondary N) is 1. The van der Waals surface area contributed by atoms with E-state index in [4.69, 9.17) is 4.74 Å². The summed E-state index contributed by atoms with van der Waals surface area (Å²) in [5.41, 5.74) is 1.10. The summed E-state index contributed by atoms with van der Waals surface area (Å²) in [7, 11) is 1.97. The Bertz CT molecular complexity index is 313. The minimum Gasteiger partial charge on any atom is -0.377 e. The zero-order chi connectivity index (χ0) is 10.7. The second kappa shape index (κ2) is 4.92. The summed E-state index contributed by atoms with van der Waals surface area (Å²) >= 11 is 1.72. The highest BCUT2D eigenvalue weighted by atomic mass is 32.1. The molecule has 4 nitrogen and oxygen atoms in total. The van der Waals surface area contributed by atoms with Crippen LogP contribution in [-0.2, 0) is 4.74 Å². The van der Waals surface area contributed by atoms with E-state index in [-0.39, 0.29) is 0 Å². The Balaban J connectivity index is 2.10. The van der Waals surface area contributed by atoms with Crippen molar-refractivity contribution in [3.05, 3.63) is 11.1 Å². The van der Waals surface area contributed by atoms with Gasteiger partial charge >= 0.3 is 0 Å². The smallest absolute Gasteiger partial charge is 0.185 e. The van der Waals surface area contributed by atoms with Gasteiger partial charge in [-0.05, 0) is 14.0 Å². The molecule has 1 aromatic rings. The first-order valence-electron chi connectivity index (χ1n) is 5.22. The van der Waals surface area contributed by atoms with Crippen LogP contribution in [0, 0.1) is 6.92 Å². The summed E-state index contributed by atoms with van der Waals surface area (Å²) in [6.45, 7) is 5.52. The van der Waals surface area contributed by atoms with Crippen molar-refractivity contribution in [1.82, 2.24) is 10.3 Å². The highest BCUT2D eigenvalue weighted by Crippen LogP contribution is 2.23. The second-order valence-electron chi connectivity index (χ2n) is 3.75. The molecule has 1 fully saturated rings. The van der Waals surface area contributed by atoms with E-state index in [1.807, 2.05) is 14.0 Å². The molecule has 0 aliphatic carbocycles. The molecular weight excluding hydrogens is 210 g/mol. The van der Waals surface area contributed by atoms with E-state index in [0.29, 0.717) is 6.04 Å². The minimum atomic E-state index is 0.411. The molecule has 0 bridgehead atoms. The van der Waals surface area contributed by atoms with Crippen molar-refractivity contribution in [2.45, 2.75) is 13.0 Å². The molecule has 2 rings (SSSR count). The average molecular weight is 227 g/mol. The quantitative estimate of drug-likeness (QED) is 0.831. The summed E-state index contributed by atoms with van der Waals surface area (Å²) in [5.74, 6) is 0. The van der Waals surface area contributed by atoms with Crippen LogP contribution >= 0.6 is 11.3 Å². The van der Waals surface area contributed by atoms with E-state index in [9.17, 15) is 0 Å². The second-order valence-corrected chi connectivity index (χ2v) is 4.59. The Morgan fingerprint density at radius 3 is 3.27 bits per heavy atom. The van der Waals surface area contributed by atoms with E-state index >= 15 is 0 Å². The predicted octanol–water partition coefficient (Wildman–Crippen LogP) is 0.876. The molecular formula is C10H17N3OS. The van der Waals surface area contributed by atoms with Gasteiger partial charge in [-0.2, -0.15) is 0 Å². The van der Waals surface area contributed by atoms with Gasteiger partial charge in [-0.3, -0.25) is 0 Å². The lowest BCUT2D eigenvalue weighted by molar-refractivity contribution is 0.0943. The van der Waals surface area contributed by atoms with Crippen molar-refractivity contribution in [2.75, 3.05) is 38.3 Å².